The van der Waals surface area contributed by atoms with E-state index < -0.39 is 0 Å². The predicted molar refractivity (Wildman–Crippen MR) is 112 cm³/mol. The standard InChI is InChI=1S/C22H36N2.ClH/c1-5-23-14-16-24(17-15-23)21-9-7-6-8-20(21)18-10-12-19(13-11-18)22(2,3)4;/h6-9,18-19H,5,10-17H2,1-4H3;1H. The summed E-state index contributed by atoms with van der Waals surface area (Å²) in [5.41, 5.74) is 3.61. The highest BCUT2D eigenvalue weighted by Gasteiger charge is 2.31. The Morgan fingerprint density at radius 1 is 0.920 bits per heavy atom. The van der Waals surface area contributed by atoms with Crippen LogP contribution in [-0.4, -0.2) is 37.6 Å². The van der Waals surface area contributed by atoms with Crippen LogP contribution in [0.1, 0.15) is 64.9 Å². The second kappa shape index (κ2) is 8.77. The molecule has 142 valence electrons. The topological polar surface area (TPSA) is 6.48 Å². The summed E-state index contributed by atoms with van der Waals surface area (Å²) in [5, 5.41) is 0. The van der Waals surface area contributed by atoms with Crippen LogP contribution in [0, 0.1) is 11.3 Å². The van der Waals surface area contributed by atoms with Crippen molar-refractivity contribution in [1.29, 1.82) is 0 Å². The highest BCUT2D eigenvalue weighted by atomic mass is 35.5. The molecule has 2 fully saturated rings. The van der Waals surface area contributed by atoms with Crippen LogP contribution >= 0.6 is 12.4 Å². The van der Waals surface area contributed by atoms with Gasteiger partial charge in [-0.3, -0.25) is 0 Å². The molecule has 0 radical (unpaired) electrons. The Morgan fingerprint density at radius 2 is 1.52 bits per heavy atom. The lowest BCUT2D eigenvalue weighted by atomic mass is 9.68. The summed E-state index contributed by atoms with van der Waals surface area (Å²) in [7, 11) is 0. The molecule has 3 rings (SSSR count). The Morgan fingerprint density at radius 3 is 2.08 bits per heavy atom. The third-order valence-electron chi connectivity index (χ3n) is 6.49. The fourth-order valence-electron chi connectivity index (χ4n) is 4.70. The minimum atomic E-state index is 0. The molecule has 25 heavy (non-hydrogen) atoms. The molecule has 0 aromatic heterocycles. The van der Waals surface area contributed by atoms with E-state index in [1.807, 2.05) is 0 Å². The maximum Gasteiger partial charge on any atom is 0.0402 e. The van der Waals surface area contributed by atoms with Gasteiger partial charge in [-0.2, -0.15) is 0 Å². The summed E-state index contributed by atoms with van der Waals surface area (Å²) in [6.45, 7) is 15.5. The number of para-hydroxylation sites is 1. The monoisotopic (exact) mass is 364 g/mol. The first-order chi connectivity index (χ1) is 11.5. The molecule has 1 aliphatic heterocycles. The van der Waals surface area contributed by atoms with E-state index >= 15 is 0 Å². The van der Waals surface area contributed by atoms with Gasteiger partial charge in [0, 0.05) is 31.9 Å². The van der Waals surface area contributed by atoms with Crippen molar-refractivity contribution in [3.63, 3.8) is 0 Å². The lowest BCUT2D eigenvalue weighted by Crippen LogP contribution is -2.46. The van der Waals surface area contributed by atoms with E-state index in [1.165, 1.54) is 64.1 Å². The van der Waals surface area contributed by atoms with E-state index in [0.717, 1.165) is 11.8 Å². The van der Waals surface area contributed by atoms with Gasteiger partial charge in [-0.05, 0) is 61.1 Å². The Bertz CT molecular complexity index is 521. The van der Waals surface area contributed by atoms with Crippen LogP contribution in [-0.2, 0) is 0 Å². The summed E-state index contributed by atoms with van der Waals surface area (Å²) in [5.74, 6) is 1.66. The van der Waals surface area contributed by atoms with Gasteiger partial charge in [0.25, 0.3) is 0 Å². The van der Waals surface area contributed by atoms with E-state index in [2.05, 4.69) is 61.8 Å². The van der Waals surface area contributed by atoms with Gasteiger partial charge in [0.15, 0.2) is 0 Å². The molecule has 0 amide bonds. The maximum absolute atomic E-state index is 2.64. The van der Waals surface area contributed by atoms with E-state index in [0.29, 0.717) is 5.41 Å². The number of likely N-dealkylation sites (N-methyl/N-ethyl adjacent to an activating group) is 1. The average Bonchev–Trinajstić information content (AvgIpc) is 2.61. The first kappa shape index (κ1) is 20.6. The number of halogens is 1. The number of hydrogen-bond donors (Lipinski definition) is 0. The van der Waals surface area contributed by atoms with Gasteiger partial charge in [0.05, 0.1) is 0 Å². The van der Waals surface area contributed by atoms with Crippen molar-refractivity contribution in [3.8, 4) is 0 Å². The van der Waals surface area contributed by atoms with Gasteiger partial charge in [-0.25, -0.2) is 0 Å². The average molecular weight is 365 g/mol. The molecule has 3 heteroatoms. The van der Waals surface area contributed by atoms with Gasteiger partial charge in [-0.15, -0.1) is 12.4 Å². The zero-order chi connectivity index (χ0) is 17.2. The van der Waals surface area contributed by atoms with Crippen molar-refractivity contribution >= 4 is 18.1 Å². The van der Waals surface area contributed by atoms with Crippen molar-refractivity contribution in [3.05, 3.63) is 29.8 Å². The SMILES string of the molecule is CCN1CCN(c2ccccc2C2CCC(C(C)(C)C)CC2)CC1.Cl. The molecule has 0 atom stereocenters. The van der Waals surface area contributed by atoms with Gasteiger partial charge in [0.2, 0.25) is 0 Å². The molecule has 1 saturated heterocycles. The Balaban J connectivity index is 0.00000225. The van der Waals surface area contributed by atoms with Crippen molar-refractivity contribution in [2.75, 3.05) is 37.6 Å². The molecule has 0 spiro atoms. The number of benzene rings is 1. The molecule has 0 N–H and O–H groups in total. The van der Waals surface area contributed by atoms with Gasteiger partial charge < -0.3 is 9.80 Å². The number of hydrogen-bond acceptors (Lipinski definition) is 2. The van der Waals surface area contributed by atoms with Crippen LogP contribution in [0.2, 0.25) is 0 Å². The first-order valence-electron chi connectivity index (χ1n) is 10.0. The van der Waals surface area contributed by atoms with Crippen LogP contribution in [0.5, 0.6) is 0 Å². The smallest absolute Gasteiger partial charge is 0.0402 e. The molecular formula is C22H37ClN2. The number of rotatable bonds is 3. The van der Waals surface area contributed by atoms with Crippen molar-refractivity contribution in [1.82, 2.24) is 4.90 Å². The molecule has 0 bridgehead atoms. The van der Waals surface area contributed by atoms with Crippen LogP contribution in [0.3, 0.4) is 0 Å². The van der Waals surface area contributed by atoms with E-state index in [4.69, 9.17) is 0 Å². The Hall–Kier alpha value is -0.730. The van der Waals surface area contributed by atoms with Gasteiger partial charge in [-0.1, -0.05) is 45.9 Å². The molecule has 2 aliphatic rings. The fourth-order valence-corrected chi connectivity index (χ4v) is 4.70. The minimum Gasteiger partial charge on any atom is -0.369 e. The van der Waals surface area contributed by atoms with E-state index in [9.17, 15) is 0 Å². The van der Waals surface area contributed by atoms with E-state index in [1.54, 1.807) is 5.56 Å². The zero-order valence-electron chi connectivity index (χ0n) is 16.6. The van der Waals surface area contributed by atoms with E-state index in [-0.39, 0.29) is 12.4 Å². The molecule has 1 heterocycles. The highest BCUT2D eigenvalue weighted by molar-refractivity contribution is 5.85. The highest BCUT2D eigenvalue weighted by Crippen LogP contribution is 2.45. The summed E-state index contributed by atoms with van der Waals surface area (Å²) >= 11 is 0. The first-order valence-corrected chi connectivity index (χ1v) is 10.0. The number of nitrogens with zero attached hydrogens (tertiary/aromatic N) is 2. The number of piperazine rings is 1. The lowest BCUT2D eigenvalue weighted by molar-refractivity contribution is 0.169. The molecule has 1 aliphatic carbocycles. The molecular weight excluding hydrogens is 328 g/mol. The molecule has 1 aromatic rings. The van der Waals surface area contributed by atoms with Crippen LogP contribution < -0.4 is 4.90 Å². The minimum absolute atomic E-state index is 0. The molecule has 1 saturated carbocycles. The maximum atomic E-state index is 2.64. The van der Waals surface area contributed by atoms with Crippen molar-refractivity contribution in [2.45, 2.75) is 59.3 Å². The summed E-state index contributed by atoms with van der Waals surface area (Å²) < 4.78 is 0. The lowest BCUT2D eigenvalue weighted by Gasteiger charge is -2.40. The molecule has 2 nitrogen and oxygen atoms in total. The van der Waals surface area contributed by atoms with Gasteiger partial charge in [0.1, 0.15) is 0 Å². The van der Waals surface area contributed by atoms with Crippen molar-refractivity contribution in [2.24, 2.45) is 11.3 Å². The fraction of sp³-hybridized carbons (Fsp3) is 0.727. The molecule has 1 aromatic carbocycles. The van der Waals surface area contributed by atoms with Gasteiger partial charge >= 0.3 is 0 Å². The second-order valence-electron chi connectivity index (χ2n) is 8.89. The zero-order valence-corrected chi connectivity index (χ0v) is 17.4. The summed E-state index contributed by atoms with van der Waals surface area (Å²) in [6, 6.07) is 9.25. The summed E-state index contributed by atoms with van der Waals surface area (Å²) in [6.07, 6.45) is 5.53. The largest absolute Gasteiger partial charge is 0.369 e. The third-order valence-corrected chi connectivity index (χ3v) is 6.49. The second-order valence-corrected chi connectivity index (χ2v) is 8.89. The third kappa shape index (κ3) is 4.92. The Kier molecular flexibility index (Phi) is 7.22. The van der Waals surface area contributed by atoms with Crippen LogP contribution in [0.15, 0.2) is 24.3 Å². The van der Waals surface area contributed by atoms with Crippen LogP contribution in [0.4, 0.5) is 5.69 Å². The van der Waals surface area contributed by atoms with Crippen molar-refractivity contribution < 1.29 is 0 Å². The normalized spacial score (nSPS) is 25.5. The quantitative estimate of drug-likeness (QED) is 0.691. The summed E-state index contributed by atoms with van der Waals surface area (Å²) in [4.78, 5) is 5.20. The Labute approximate surface area is 161 Å². The number of anilines is 1. The predicted octanol–water partition coefficient (Wildman–Crippen LogP) is 5.57. The van der Waals surface area contributed by atoms with Crippen LogP contribution in [0.25, 0.3) is 0 Å². The molecule has 0 unspecified atom stereocenters.